The number of esters is 1. The number of carbonyl (C=O) groups is 2. The number of aryl methyl sites for hydroxylation is 1. The minimum absolute atomic E-state index is 0.00523. The predicted molar refractivity (Wildman–Crippen MR) is 139 cm³/mol. The number of ketones is 1. The lowest BCUT2D eigenvalue weighted by molar-refractivity contribution is -0.140. The van der Waals surface area contributed by atoms with Crippen LogP contribution < -0.4 is 0 Å². The molecule has 0 aliphatic carbocycles. The van der Waals surface area contributed by atoms with Crippen LogP contribution >= 0.6 is 0 Å². The topological polar surface area (TPSA) is 74.1 Å². The number of fused-ring (bicyclic) bond motifs is 2. The summed E-state index contributed by atoms with van der Waals surface area (Å²) in [6, 6.07) is 8.68. The normalized spacial score (nSPS) is 15.3. The van der Waals surface area contributed by atoms with E-state index in [-0.39, 0.29) is 42.1 Å². The maximum Gasteiger partial charge on any atom is 0.419 e. The van der Waals surface area contributed by atoms with E-state index in [9.17, 15) is 27.2 Å². The van der Waals surface area contributed by atoms with Crippen molar-refractivity contribution in [1.82, 2.24) is 14.8 Å². The summed E-state index contributed by atoms with van der Waals surface area (Å²) in [7, 11) is 0. The van der Waals surface area contributed by atoms with Gasteiger partial charge in [-0.25, -0.2) is 9.18 Å². The van der Waals surface area contributed by atoms with Crippen LogP contribution in [0.5, 0.6) is 0 Å². The summed E-state index contributed by atoms with van der Waals surface area (Å²) in [5.74, 6) is -2.42. The third-order valence-electron chi connectivity index (χ3n) is 7.03. The SMILES string of the molecule is CCOC(=O)c1cc2n(n1)C(c1ccc(C(F)(F)F)c(F)c1)C(C(=O)Cc1ccc3cncc(C)c3c1)=C(C)C2. The van der Waals surface area contributed by atoms with Gasteiger partial charge in [0.25, 0.3) is 0 Å². The van der Waals surface area contributed by atoms with Crippen LogP contribution in [0.15, 0.2) is 66.0 Å². The molecular formula is C30H25F4N3O3. The van der Waals surface area contributed by atoms with Crippen LogP contribution in [0.25, 0.3) is 10.8 Å². The molecule has 1 atom stereocenters. The molecular weight excluding hydrogens is 526 g/mol. The summed E-state index contributed by atoms with van der Waals surface area (Å²) in [6.07, 6.45) is -1.13. The van der Waals surface area contributed by atoms with E-state index in [0.29, 0.717) is 17.3 Å². The van der Waals surface area contributed by atoms with Crippen LogP contribution in [0.2, 0.25) is 0 Å². The van der Waals surface area contributed by atoms with Gasteiger partial charge in [-0.2, -0.15) is 18.3 Å². The maximum absolute atomic E-state index is 14.7. The van der Waals surface area contributed by atoms with Gasteiger partial charge in [0.15, 0.2) is 11.5 Å². The van der Waals surface area contributed by atoms with Gasteiger partial charge in [0.05, 0.1) is 12.2 Å². The molecule has 0 amide bonds. The molecule has 1 aliphatic rings. The van der Waals surface area contributed by atoms with Crippen molar-refractivity contribution in [1.29, 1.82) is 0 Å². The first-order valence-corrected chi connectivity index (χ1v) is 12.7. The number of aromatic nitrogens is 3. The number of rotatable bonds is 6. The quantitative estimate of drug-likeness (QED) is 0.206. The van der Waals surface area contributed by atoms with E-state index in [1.54, 1.807) is 26.2 Å². The average molecular weight is 552 g/mol. The van der Waals surface area contributed by atoms with Gasteiger partial charge in [-0.3, -0.25) is 14.5 Å². The smallest absolute Gasteiger partial charge is 0.419 e. The molecule has 0 fully saturated rings. The van der Waals surface area contributed by atoms with Crippen molar-refractivity contribution >= 4 is 22.5 Å². The summed E-state index contributed by atoms with van der Waals surface area (Å²) in [4.78, 5) is 30.5. The molecule has 3 heterocycles. The average Bonchev–Trinajstić information content (AvgIpc) is 3.31. The molecule has 0 saturated heterocycles. The minimum Gasteiger partial charge on any atom is -0.461 e. The Morgan fingerprint density at radius 1 is 1.07 bits per heavy atom. The lowest BCUT2D eigenvalue weighted by atomic mass is 9.85. The number of alkyl halides is 3. The van der Waals surface area contributed by atoms with E-state index >= 15 is 0 Å². The Morgan fingerprint density at radius 2 is 1.85 bits per heavy atom. The molecule has 1 unspecified atom stereocenters. The van der Waals surface area contributed by atoms with E-state index in [2.05, 4.69) is 10.1 Å². The highest BCUT2D eigenvalue weighted by molar-refractivity contribution is 6.00. The van der Waals surface area contributed by atoms with Gasteiger partial charge in [0.2, 0.25) is 0 Å². The molecule has 5 rings (SSSR count). The number of halogens is 4. The van der Waals surface area contributed by atoms with Crippen LogP contribution in [-0.4, -0.2) is 33.1 Å². The standard InChI is InChI=1S/C30H25F4N3O3/c1-4-40-29(39)25-13-21-9-16(2)27(26(38)11-18-5-6-20-15-35-14-17(3)22(20)10-18)28(37(21)36-25)19-7-8-23(24(31)12-19)30(32,33)34/h5-8,10,12-15,28H,4,9,11H2,1-3H3. The number of carbonyl (C=O) groups excluding carboxylic acids is 2. The number of allylic oxidation sites excluding steroid dienone is 2. The number of ether oxygens (including phenoxy) is 1. The molecule has 0 saturated carbocycles. The Labute approximate surface area is 227 Å². The van der Waals surface area contributed by atoms with Crippen molar-refractivity contribution in [3.8, 4) is 0 Å². The Balaban J connectivity index is 1.59. The fourth-order valence-corrected chi connectivity index (χ4v) is 5.19. The van der Waals surface area contributed by atoms with E-state index in [4.69, 9.17) is 4.74 Å². The summed E-state index contributed by atoms with van der Waals surface area (Å²) < 4.78 is 61.1. The third-order valence-corrected chi connectivity index (χ3v) is 7.03. The maximum atomic E-state index is 14.7. The Kier molecular flexibility index (Phi) is 7.03. The molecule has 1 aliphatic heterocycles. The molecule has 40 heavy (non-hydrogen) atoms. The molecule has 6 nitrogen and oxygen atoms in total. The Bertz CT molecular complexity index is 1690. The van der Waals surface area contributed by atoms with E-state index < -0.39 is 29.6 Å². The molecule has 0 N–H and O–H groups in total. The van der Waals surface area contributed by atoms with Gasteiger partial charge in [0.1, 0.15) is 11.9 Å². The molecule has 0 bridgehead atoms. The first-order valence-electron chi connectivity index (χ1n) is 12.7. The van der Waals surface area contributed by atoms with Crippen LogP contribution in [0.3, 0.4) is 0 Å². The fraction of sp³-hybridized carbons (Fsp3) is 0.267. The zero-order valence-corrected chi connectivity index (χ0v) is 22.0. The van der Waals surface area contributed by atoms with Gasteiger partial charge in [0, 0.05) is 41.9 Å². The van der Waals surface area contributed by atoms with Crippen LogP contribution in [0, 0.1) is 12.7 Å². The molecule has 2 aromatic carbocycles. The summed E-state index contributed by atoms with van der Waals surface area (Å²) >= 11 is 0. The van der Waals surface area contributed by atoms with E-state index in [0.717, 1.165) is 34.0 Å². The molecule has 2 aromatic heterocycles. The highest BCUT2D eigenvalue weighted by Gasteiger charge is 2.37. The zero-order valence-electron chi connectivity index (χ0n) is 22.0. The predicted octanol–water partition coefficient (Wildman–Crippen LogP) is 6.35. The molecule has 4 aromatic rings. The number of nitrogens with zero attached hydrogens (tertiary/aromatic N) is 3. The van der Waals surface area contributed by atoms with Gasteiger partial charge < -0.3 is 4.74 Å². The first kappa shape index (κ1) is 27.2. The molecule has 0 radical (unpaired) electrons. The second-order valence-corrected chi connectivity index (χ2v) is 9.81. The lowest BCUT2D eigenvalue weighted by Crippen LogP contribution is -2.28. The number of hydrogen-bond acceptors (Lipinski definition) is 5. The van der Waals surface area contributed by atoms with Gasteiger partial charge in [-0.1, -0.05) is 29.8 Å². The molecule has 0 spiro atoms. The zero-order chi connectivity index (χ0) is 28.8. The van der Waals surface area contributed by atoms with Crippen LogP contribution in [-0.2, 0) is 28.5 Å². The van der Waals surface area contributed by atoms with Crippen molar-refractivity contribution in [2.24, 2.45) is 0 Å². The monoisotopic (exact) mass is 551 g/mol. The third kappa shape index (κ3) is 5.01. The largest absolute Gasteiger partial charge is 0.461 e. The van der Waals surface area contributed by atoms with Gasteiger partial charge in [-0.05, 0) is 61.0 Å². The van der Waals surface area contributed by atoms with Crippen LogP contribution in [0.1, 0.15) is 58.3 Å². The molecule has 10 heteroatoms. The number of pyridine rings is 1. The first-order chi connectivity index (χ1) is 19.0. The van der Waals surface area contributed by atoms with E-state index in [1.807, 2.05) is 25.1 Å². The summed E-state index contributed by atoms with van der Waals surface area (Å²) in [5, 5.41) is 6.23. The number of hydrogen-bond donors (Lipinski definition) is 0. The Hall–Kier alpha value is -4.34. The summed E-state index contributed by atoms with van der Waals surface area (Å²) in [6.45, 7) is 5.44. The van der Waals surface area contributed by atoms with Crippen molar-refractivity contribution < 1.29 is 31.9 Å². The summed E-state index contributed by atoms with van der Waals surface area (Å²) in [5.41, 5.74) is 1.87. The van der Waals surface area contributed by atoms with Crippen molar-refractivity contribution in [2.45, 2.75) is 45.8 Å². The van der Waals surface area contributed by atoms with Gasteiger partial charge >= 0.3 is 12.1 Å². The highest BCUT2D eigenvalue weighted by atomic mass is 19.4. The van der Waals surface area contributed by atoms with E-state index in [1.165, 1.54) is 10.7 Å². The number of Topliss-reactive ketones (excluding diaryl/α,β-unsaturated/α-hetero) is 1. The number of benzene rings is 2. The van der Waals surface area contributed by atoms with Crippen LogP contribution in [0.4, 0.5) is 17.6 Å². The van der Waals surface area contributed by atoms with Crippen molar-refractivity contribution in [3.63, 3.8) is 0 Å². The van der Waals surface area contributed by atoms with Crippen molar-refractivity contribution in [2.75, 3.05) is 6.61 Å². The Morgan fingerprint density at radius 3 is 2.55 bits per heavy atom. The van der Waals surface area contributed by atoms with Gasteiger partial charge in [-0.15, -0.1) is 0 Å². The molecule has 206 valence electrons. The van der Waals surface area contributed by atoms with Crippen molar-refractivity contribution in [3.05, 3.63) is 105 Å². The second-order valence-electron chi connectivity index (χ2n) is 9.81. The lowest BCUT2D eigenvalue weighted by Gasteiger charge is -2.29. The minimum atomic E-state index is -4.88. The highest BCUT2D eigenvalue weighted by Crippen LogP contribution is 2.39. The second kappa shape index (κ2) is 10.3. The fourth-order valence-electron chi connectivity index (χ4n) is 5.19.